The Balaban J connectivity index is 2.28. The van der Waals surface area contributed by atoms with E-state index in [1.54, 1.807) is 11.8 Å². The van der Waals surface area contributed by atoms with Crippen molar-refractivity contribution in [1.82, 2.24) is 4.73 Å². The third kappa shape index (κ3) is 3.08. The summed E-state index contributed by atoms with van der Waals surface area (Å²) in [6.07, 6.45) is 2.51. The van der Waals surface area contributed by atoms with E-state index in [0.717, 1.165) is 11.9 Å². The van der Waals surface area contributed by atoms with Gasteiger partial charge in [0.2, 0.25) is 0 Å². The van der Waals surface area contributed by atoms with Crippen molar-refractivity contribution in [3.8, 4) is 0 Å². The SMILES string of the molecule is CCOC(Cc1cn(OC)c2ccccc12)OCC. The molecule has 104 valence electrons. The number of ether oxygens (including phenoxy) is 2. The summed E-state index contributed by atoms with van der Waals surface area (Å²) in [5.41, 5.74) is 2.23. The van der Waals surface area contributed by atoms with Crippen LogP contribution in [0.1, 0.15) is 19.4 Å². The van der Waals surface area contributed by atoms with Gasteiger partial charge in [-0.05, 0) is 25.5 Å². The van der Waals surface area contributed by atoms with E-state index in [9.17, 15) is 0 Å². The van der Waals surface area contributed by atoms with Crippen molar-refractivity contribution < 1.29 is 14.3 Å². The monoisotopic (exact) mass is 263 g/mol. The van der Waals surface area contributed by atoms with Gasteiger partial charge in [0.05, 0.1) is 5.52 Å². The first kappa shape index (κ1) is 13.9. The number of fused-ring (bicyclic) bond motifs is 1. The van der Waals surface area contributed by atoms with E-state index in [0.29, 0.717) is 13.2 Å². The minimum absolute atomic E-state index is 0.203. The molecule has 1 aromatic carbocycles. The molecule has 0 bridgehead atoms. The van der Waals surface area contributed by atoms with Gasteiger partial charge in [-0.3, -0.25) is 0 Å². The smallest absolute Gasteiger partial charge is 0.161 e. The molecular formula is C15H21NO3. The van der Waals surface area contributed by atoms with E-state index < -0.39 is 0 Å². The molecule has 0 aliphatic heterocycles. The predicted octanol–water partition coefficient (Wildman–Crippen LogP) is 2.64. The Bertz CT molecular complexity index is 515. The summed E-state index contributed by atoms with van der Waals surface area (Å²) in [6.45, 7) is 5.25. The van der Waals surface area contributed by atoms with Crippen molar-refractivity contribution in [2.45, 2.75) is 26.6 Å². The predicted molar refractivity (Wildman–Crippen MR) is 75.2 cm³/mol. The first-order valence-corrected chi connectivity index (χ1v) is 6.66. The van der Waals surface area contributed by atoms with Gasteiger partial charge >= 0.3 is 0 Å². The number of benzene rings is 1. The third-order valence-corrected chi connectivity index (χ3v) is 3.05. The summed E-state index contributed by atoms with van der Waals surface area (Å²) in [5, 5.41) is 1.17. The second-order valence-corrected chi connectivity index (χ2v) is 4.22. The van der Waals surface area contributed by atoms with E-state index in [1.165, 1.54) is 10.9 Å². The lowest BCUT2D eigenvalue weighted by molar-refractivity contribution is -0.134. The number of rotatable bonds is 7. The average molecular weight is 263 g/mol. The molecule has 0 fully saturated rings. The van der Waals surface area contributed by atoms with Gasteiger partial charge in [-0.1, -0.05) is 18.2 Å². The lowest BCUT2D eigenvalue weighted by Gasteiger charge is -2.16. The summed E-state index contributed by atoms with van der Waals surface area (Å²) in [6, 6.07) is 8.17. The summed E-state index contributed by atoms with van der Waals surface area (Å²) in [7, 11) is 1.67. The van der Waals surface area contributed by atoms with Crippen molar-refractivity contribution in [2.75, 3.05) is 20.3 Å². The molecule has 0 unspecified atom stereocenters. The standard InChI is InChI=1S/C15H21NO3/c1-4-18-15(19-5-2)10-12-11-16(17-3)14-9-7-6-8-13(12)14/h6-9,11,15H,4-5,10H2,1-3H3. The first-order chi connectivity index (χ1) is 9.30. The third-order valence-electron chi connectivity index (χ3n) is 3.05. The average Bonchev–Trinajstić information content (AvgIpc) is 2.78. The molecule has 0 saturated heterocycles. The maximum atomic E-state index is 5.61. The molecule has 0 aliphatic carbocycles. The summed E-state index contributed by atoms with van der Waals surface area (Å²) < 4.78 is 13.0. The van der Waals surface area contributed by atoms with Crippen LogP contribution in [0.5, 0.6) is 0 Å². The fourth-order valence-electron chi connectivity index (χ4n) is 2.25. The molecule has 0 N–H and O–H groups in total. The Labute approximate surface area is 113 Å². The van der Waals surface area contributed by atoms with E-state index in [-0.39, 0.29) is 6.29 Å². The molecule has 2 rings (SSSR count). The molecule has 2 aromatic rings. The lowest BCUT2D eigenvalue weighted by Crippen LogP contribution is -2.20. The van der Waals surface area contributed by atoms with Crippen LogP contribution in [-0.2, 0) is 15.9 Å². The van der Waals surface area contributed by atoms with Crippen molar-refractivity contribution >= 4 is 10.9 Å². The Kier molecular flexibility index (Phi) is 4.82. The van der Waals surface area contributed by atoms with Gasteiger partial charge in [-0.25, -0.2) is 0 Å². The minimum Gasteiger partial charge on any atom is -0.417 e. The maximum Gasteiger partial charge on any atom is 0.161 e. The van der Waals surface area contributed by atoms with E-state index in [2.05, 4.69) is 6.07 Å². The zero-order valence-corrected chi connectivity index (χ0v) is 11.8. The summed E-state index contributed by atoms with van der Waals surface area (Å²) in [4.78, 5) is 5.34. The van der Waals surface area contributed by atoms with Crippen LogP contribution in [0.4, 0.5) is 0 Å². The van der Waals surface area contributed by atoms with E-state index >= 15 is 0 Å². The first-order valence-electron chi connectivity index (χ1n) is 6.66. The highest BCUT2D eigenvalue weighted by atomic mass is 16.7. The molecule has 19 heavy (non-hydrogen) atoms. The number of hydrogen-bond donors (Lipinski definition) is 0. The van der Waals surface area contributed by atoms with Gasteiger partial charge in [-0.2, -0.15) is 4.73 Å². The Morgan fingerprint density at radius 2 is 1.79 bits per heavy atom. The quantitative estimate of drug-likeness (QED) is 0.720. The second-order valence-electron chi connectivity index (χ2n) is 4.22. The van der Waals surface area contributed by atoms with Crippen molar-refractivity contribution in [3.05, 3.63) is 36.0 Å². The molecule has 1 heterocycles. The number of aromatic nitrogens is 1. The number of hydrogen-bond acceptors (Lipinski definition) is 3. The van der Waals surface area contributed by atoms with Crippen LogP contribution >= 0.6 is 0 Å². The summed E-state index contributed by atoms with van der Waals surface area (Å²) >= 11 is 0. The van der Waals surface area contributed by atoms with Crippen LogP contribution in [0.15, 0.2) is 30.5 Å². The lowest BCUT2D eigenvalue weighted by atomic mass is 10.1. The maximum absolute atomic E-state index is 5.61. The van der Waals surface area contributed by atoms with Crippen LogP contribution in [0.2, 0.25) is 0 Å². The molecule has 4 nitrogen and oxygen atoms in total. The zero-order valence-electron chi connectivity index (χ0n) is 11.8. The Hall–Kier alpha value is -1.52. The fraction of sp³-hybridized carbons (Fsp3) is 0.467. The van der Waals surface area contributed by atoms with Gasteiger partial charge in [-0.15, -0.1) is 0 Å². The van der Waals surface area contributed by atoms with Crippen LogP contribution in [0.3, 0.4) is 0 Å². The molecule has 0 atom stereocenters. The van der Waals surface area contributed by atoms with Crippen molar-refractivity contribution in [3.63, 3.8) is 0 Å². The molecule has 0 spiro atoms. The minimum atomic E-state index is -0.203. The van der Waals surface area contributed by atoms with Crippen molar-refractivity contribution in [2.24, 2.45) is 0 Å². The van der Waals surface area contributed by atoms with Gasteiger partial charge in [0.25, 0.3) is 0 Å². The van der Waals surface area contributed by atoms with E-state index in [1.807, 2.05) is 38.2 Å². The highest BCUT2D eigenvalue weighted by Gasteiger charge is 2.14. The molecule has 0 saturated carbocycles. The fourth-order valence-corrected chi connectivity index (χ4v) is 2.25. The molecule has 1 aromatic heterocycles. The second kappa shape index (κ2) is 6.59. The topological polar surface area (TPSA) is 32.6 Å². The normalized spacial score (nSPS) is 11.4. The molecule has 0 radical (unpaired) electrons. The van der Waals surface area contributed by atoms with Crippen LogP contribution in [0.25, 0.3) is 10.9 Å². The molecule has 0 amide bonds. The van der Waals surface area contributed by atoms with Gasteiger partial charge in [0.15, 0.2) is 6.29 Å². The van der Waals surface area contributed by atoms with Gasteiger partial charge in [0.1, 0.15) is 7.11 Å². The van der Waals surface area contributed by atoms with Crippen LogP contribution in [-0.4, -0.2) is 31.3 Å². The highest BCUT2D eigenvalue weighted by molar-refractivity contribution is 5.83. The van der Waals surface area contributed by atoms with E-state index in [4.69, 9.17) is 14.3 Å². The van der Waals surface area contributed by atoms with Gasteiger partial charge < -0.3 is 14.3 Å². The largest absolute Gasteiger partial charge is 0.417 e. The molecule has 4 heteroatoms. The van der Waals surface area contributed by atoms with Crippen molar-refractivity contribution in [1.29, 1.82) is 0 Å². The Morgan fingerprint density at radius 1 is 1.11 bits per heavy atom. The molecular weight excluding hydrogens is 242 g/mol. The van der Waals surface area contributed by atoms with Crippen LogP contribution in [0, 0.1) is 0 Å². The zero-order chi connectivity index (χ0) is 13.7. The highest BCUT2D eigenvalue weighted by Crippen LogP contribution is 2.22. The van der Waals surface area contributed by atoms with Gasteiger partial charge in [0, 0.05) is 31.2 Å². The Morgan fingerprint density at radius 3 is 2.42 bits per heavy atom. The summed E-state index contributed by atoms with van der Waals surface area (Å²) in [5.74, 6) is 0. The molecule has 0 aliphatic rings. The number of nitrogens with zero attached hydrogens (tertiary/aromatic N) is 1. The number of para-hydroxylation sites is 1. The van der Waals surface area contributed by atoms with Crippen LogP contribution < -0.4 is 4.84 Å².